The molecule has 8 heteroatoms. The zero-order valence-electron chi connectivity index (χ0n) is 23.5. The molecule has 0 aliphatic heterocycles. The molecule has 0 N–H and O–H groups in total. The number of hydrogen-bond acceptors (Lipinski definition) is 8. The van der Waals surface area contributed by atoms with Gasteiger partial charge in [-0.15, -0.1) is 0 Å². The van der Waals surface area contributed by atoms with Gasteiger partial charge in [0.1, 0.15) is 4.75 Å². The van der Waals surface area contributed by atoms with E-state index < -0.39 is 4.75 Å². The number of unbranched alkanes of at least 4 members (excludes halogenated alkanes) is 6. The minimum absolute atomic E-state index is 0.136. The van der Waals surface area contributed by atoms with Crippen molar-refractivity contribution in [3.05, 3.63) is 0 Å². The van der Waals surface area contributed by atoms with Crippen LogP contribution in [-0.4, -0.2) is 47.2 Å². The second-order valence-corrected chi connectivity index (χ2v) is 12.5. The summed E-state index contributed by atoms with van der Waals surface area (Å²) in [6.45, 7) is 10.0. The summed E-state index contributed by atoms with van der Waals surface area (Å²) in [4.78, 5) is 23.1. The van der Waals surface area contributed by atoms with Gasteiger partial charge in [-0.3, -0.25) is 9.59 Å². The highest BCUT2D eigenvalue weighted by Gasteiger charge is 2.34. The standard InChI is InChI=1S/C18H36O2S3.C10H20O2S/c1-16(2)10-4-3-7-13-20-17(19)18(23,11-5-8-14-21)12-6-9-15-22;1-9(2)6-4-3-5-7-12-10(11)8-13/h16,21-23H,3-15H2,1-2H3;9,13H,3-8H2,1-2H3. The molecule has 0 rings (SSSR count). The molecule has 0 saturated carbocycles. The SMILES string of the molecule is CC(C)CCCCCOC(=O)C(S)(CCCCS)CCCCS.CC(C)CCCCCOC(=O)CS. The van der Waals surface area contributed by atoms with Gasteiger partial charge in [-0.1, -0.05) is 79.1 Å². The van der Waals surface area contributed by atoms with Gasteiger partial charge in [0.15, 0.2) is 0 Å². The molecule has 0 unspecified atom stereocenters. The van der Waals surface area contributed by atoms with E-state index in [4.69, 9.17) is 22.1 Å². The van der Waals surface area contributed by atoms with E-state index in [9.17, 15) is 9.59 Å². The van der Waals surface area contributed by atoms with E-state index in [1.807, 2.05) is 0 Å². The Hall–Kier alpha value is 0.340. The second-order valence-electron chi connectivity index (χ2n) is 10.4. The van der Waals surface area contributed by atoms with Crippen LogP contribution in [-0.2, 0) is 19.1 Å². The lowest BCUT2D eigenvalue weighted by Crippen LogP contribution is -2.35. The number of carbonyl (C=O) groups is 2. The molecule has 0 radical (unpaired) electrons. The minimum atomic E-state index is -0.635. The minimum Gasteiger partial charge on any atom is -0.465 e. The van der Waals surface area contributed by atoms with Gasteiger partial charge < -0.3 is 9.47 Å². The van der Waals surface area contributed by atoms with Gasteiger partial charge in [-0.2, -0.15) is 50.5 Å². The number of hydrogen-bond donors (Lipinski definition) is 4. The molecule has 0 amide bonds. The number of thiol groups is 4. The zero-order chi connectivity index (χ0) is 27.7. The van der Waals surface area contributed by atoms with Gasteiger partial charge in [0, 0.05) is 0 Å². The van der Waals surface area contributed by atoms with Crippen molar-refractivity contribution < 1.29 is 19.1 Å². The van der Waals surface area contributed by atoms with Crippen molar-refractivity contribution >= 4 is 62.5 Å². The Balaban J connectivity index is 0. The maximum Gasteiger partial charge on any atom is 0.321 e. The van der Waals surface area contributed by atoms with E-state index in [2.05, 4.69) is 65.6 Å². The fourth-order valence-corrected chi connectivity index (χ4v) is 4.50. The summed E-state index contributed by atoms with van der Waals surface area (Å²) >= 11 is 17.0. The average molecular weight is 585 g/mol. The fraction of sp³-hybridized carbons (Fsp3) is 0.929. The maximum absolute atomic E-state index is 12.5. The van der Waals surface area contributed by atoms with Crippen molar-refractivity contribution in [2.75, 3.05) is 30.5 Å². The summed E-state index contributed by atoms with van der Waals surface area (Å²) in [6, 6.07) is 0. The first-order valence-electron chi connectivity index (χ1n) is 14.0. The van der Waals surface area contributed by atoms with Crippen LogP contribution in [0.1, 0.15) is 118 Å². The van der Waals surface area contributed by atoms with Crippen molar-refractivity contribution in [1.29, 1.82) is 0 Å². The van der Waals surface area contributed by atoms with Crippen molar-refractivity contribution in [3.8, 4) is 0 Å². The summed E-state index contributed by atoms with van der Waals surface area (Å²) < 4.78 is 9.77. The van der Waals surface area contributed by atoms with Crippen LogP contribution >= 0.6 is 50.5 Å². The molecule has 0 atom stereocenters. The third kappa shape index (κ3) is 26.0. The summed E-state index contributed by atoms with van der Waals surface area (Å²) in [7, 11) is 0. The lowest BCUT2D eigenvalue weighted by molar-refractivity contribution is -0.147. The molecule has 0 bridgehead atoms. The molecular weight excluding hydrogens is 529 g/mol. The Morgan fingerprint density at radius 3 is 1.47 bits per heavy atom. The molecule has 0 aromatic rings. The Kier molecular flexibility index (Phi) is 28.8. The van der Waals surface area contributed by atoms with Gasteiger partial charge >= 0.3 is 11.9 Å². The normalized spacial score (nSPS) is 11.4. The molecule has 0 spiro atoms. The lowest BCUT2D eigenvalue weighted by Gasteiger charge is -2.26. The van der Waals surface area contributed by atoms with Crippen LogP contribution in [0.5, 0.6) is 0 Å². The van der Waals surface area contributed by atoms with Crippen LogP contribution in [0.4, 0.5) is 0 Å². The van der Waals surface area contributed by atoms with Crippen LogP contribution in [0.3, 0.4) is 0 Å². The van der Waals surface area contributed by atoms with Crippen LogP contribution in [0.2, 0.25) is 0 Å². The van der Waals surface area contributed by atoms with Gasteiger partial charge in [0.05, 0.1) is 19.0 Å². The number of rotatable bonds is 22. The Morgan fingerprint density at radius 2 is 1.08 bits per heavy atom. The maximum atomic E-state index is 12.5. The molecule has 0 aromatic carbocycles. The third-order valence-electron chi connectivity index (χ3n) is 5.85. The number of esters is 2. The molecule has 0 aliphatic rings. The predicted molar refractivity (Wildman–Crippen MR) is 170 cm³/mol. The third-order valence-corrected chi connectivity index (χ3v) is 7.37. The smallest absolute Gasteiger partial charge is 0.321 e. The monoisotopic (exact) mass is 584 g/mol. The first-order valence-corrected chi connectivity index (χ1v) is 16.3. The van der Waals surface area contributed by atoms with Gasteiger partial charge in [0.25, 0.3) is 0 Å². The largest absolute Gasteiger partial charge is 0.465 e. The van der Waals surface area contributed by atoms with Crippen LogP contribution in [0.25, 0.3) is 0 Å². The summed E-state index contributed by atoms with van der Waals surface area (Å²) in [5.74, 6) is 3.07. The van der Waals surface area contributed by atoms with Gasteiger partial charge in [-0.25, -0.2) is 0 Å². The first kappa shape index (κ1) is 38.5. The van der Waals surface area contributed by atoms with E-state index in [1.165, 1.54) is 25.7 Å². The summed E-state index contributed by atoms with van der Waals surface area (Å²) in [5.41, 5.74) is 0. The van der Waals surface area contributed by atoms with Crippen LogP contribution in [0.15, 0.2) is 0 Å². The first-order chi connectivity index (χ1) is 17.1. The Labute approximate surface area is 245 Å². The van der Waals surface area contributed by atoms with E-state index >= 15 is 0 Å². The quantitative estimate of drug-likeness (QED) is 0.0587. The highest BCUT2D eigenvalue weighted by atomic mass is 32.1. The molecule has 0 saturated heterocycles. The van der Waals surface area contributed by atoms with Gasteiger partial charge in [0.2, 0.25) is 0 Å². The van der Waals surface area contributed by atoms with Crippen molar-refractivity contribution in [3.63, 3.8) is 0 Å². The fourth-order valence-electron chi connectivity index (χ4n) is 3.58. The van der Waals surface area contributed by atoms with Crippen molar-refractivity contribution in [2.24, 2.45) is 11.8 Å². The lowest BCUT2D eigenvalue weighted by atomic mass is 9.95. The molecule has 0 aromatic heterocycles. The van der Waals surface area contributed by atoms with E-state index in [0.29, 0.717) is 13.2 Å². The Bertz CT molecular complexity index is 506. The molecule has 0 heterocycles. The molecule has 4 nitrogen and oxygen atoms in total. The zero-order valence-corrected chi connectivity index (χ0v) is 27.1. The van der Waals surface area contributed by atoms with E-state index in [1.54, 1.807) is 0 Å². The topological polar surface area (TPSA) is 52.6 Å². The van der Waals surface area contributed by atoms with Gasteiger partial charge in [-0.05, 0) is 61.9 Å². The number of ether oxygens (including phenoxy) is 2. The molecule has 0 fully saturated rings. The number of carbonyl (C=O) groups excluding carboxylic acids is 2. The van der Waals surface area contributed by atoms with Crippen LogP contribution in [0, 0.1) is 11.8 Å². The Morgan fingerprint density at radius 1 is 0.639 bits per heavy atom. The van der Waals surface area contributed by atoms with E-state index in [-0.39, 0.29) is 17.7 Å². The highest BCUT2D eigenvalue weighted by Crippen LogP contribution is 2.30. The highest BCUT2D eigenvalue weighted by molar-refractivity contribution is 7.82. The predicted octanol–water partition coefficient (Wildman–Crippen LogP) is 8.29. The second kappa shape index (κ2) is 26.9. The molecular formula is C28H56O4S4. The van der Waals surface area contributed by atoms with Crippen molar-refractivity contribution in [1.82, 2.24) is 0 Å². The molecule has 36 heavy (non-hydrogen) atoms. The van der Waals surface area contributed by atoms with Crippen LogP contribution < -0.4 is 0 Å². The molecule has 0 aliphatic carbocycles. The van der Waals surface area contributed by atoms with E-state index in [0.717, 1.165) is 87.5 Å². The average Bonchev–Trinajstić information content (AvgIpc) is 2.83. The summed E-state index contributed by atoms with van der Waals surface area (Å²) in [5, 5.41) is 0. The molecule has 216 valence electrons. The summed E-state index contributed by atoms with van der Waals surface area (Å²) in [6.07, 6.45) is 14.7. The van der Waals surface area contributed by atoms with Crippen molar-refractivity contribution in [2.45, 2.75) is 122 Å².